The quantitative estimate of drug-likeness (QED) is 0.852. The molecule has 0 aliphatic carbocycles. The lowest BCUT2D eigenvalue weighted by Gasteiger charge is -2.38. The Labute approximate surface area is 111 Å². The molecule has 2 aromatic rings. The fraction of sp³-hybridized carbons (Fsp3) is 0.400. The zero-order chi connectivity index (χ0) is 12.6. The number of aliphatic hydroxyl groups is 1. The van der Waals surface area contributed by atoms with Gasteiger partial charge in [-0.05, 0) is 24.0 Å². The molecule has 0 spiro atoms. The monoisotopic (exact) mass is 259 g/mol. The third-order valence-corrected chi connectivity index (χ3v) is 5.29. The van der Waals surface area contributed by atoms with E-state index in [1.807, 2.05) is 36.3 Å². The Hall–Kier alpha value is -1.06. The van der Waals surface area contributed by atoms with Crippen molar-refractivity contribution >= 4 is 22.5 Å². The van der Waals surface area contributed by atoms with E-state index in [1.165, 1.54) is 0 Å². The largest absolute Gasteiger partial charge is 0.384 e. The smallest absolute Gasteiger partial charge is 0.103 e. The predicted molar refractivity (Wildman–Crippen MR) is 76.8 cm³/mol. The molecule has 0 bridgehead atoms. The van der Waals surface area contributed by atoms with Crippen molar-refractivity contribution in [3.63, 3.8) is 0 Å². The topological polar surface area (TPSA) is 33.1 Å². The Morgan fingerprint density at radius 3 is 3.00 bits per heavy atom. The first-order valence-corrected chi connectivity index (χ1v) is 7.44. The van der Waals surface area contributed by atoms with Crippen molar-refractivity contribution in [2.24, 2.45) is 0 Å². The van der Waals surface area contributed by atoms with Crippen LogP contribution in [0.2, 0.25) is 0 Å². The molecule has 0 amide bonds. The van der Waals surface area contributed by atoms with E-state index in [9.17, 15) is 5.11 Å². The Morgan fingerprint density at radius 1 is 1.33 bits per heavy atom. The summed E-state index contributed by atoms with van der Waals surface area (Å²) in [6, 6.07) is 8.17. The molecule has 2 heterocycles. The van der Waals surface area contributed by atoms with Crippen LogP contribution in [0.4, 0.5) is 0 Å². The maximum atomic E-state index is 11.0. The molecule has 2 unspecified atom stereocenters. The fourth-order valence-corrected chi connectivity index (χ4v) is 3.94. The fourth-order valence-electron chi connectivity index (χ4n) is 2.76. The van der Waals surface area contributed by atoms with Gasteiger partial charge in [-0.3, -0.25) is 4.98 Å². The van der Waals surface area contributed by atoms with Crippen LogP contribution in [-0.2, 0) is 5.60 Å². The standard InChI is InChI=1S/C15H17NOS/c1-11-15(17,7-4-8-18-11)14-10-16-9-12-5-2-3-6-13(12)14/h2-3,5-6,9-11,17H,4,7-8H2,1H3. The van der Waals surface area contributed by atoms with E-state index in [4.69, 9.17) is 0 Å². The van der Waals surface area contributed by atoms with E-state index >= 15 is 0 Å². The minimum Gasteiger partial charge on any atom is -0.384 e. The second-order valence-corrected chi connectivity index (χ2v) is 6.40. The molecule has 18 heavy (non-hydrogen) atoms. The van der Waals surface area contributed by atoms with Crippen molar-refractivity contribution in [3.05, 3.63) is 42.2 Å². The van der Waals surface area contributed by atoms with Crippen LogP contribution < -0.4 is 0 Å². The zero-order valence-electron chi connectivity index (χ0n) is 10.5. The van der Waals surface area contributed by atoms with Crippen LogP contribution in [0.1, 0.15) is 25.3 Å². The van der Waals surface area contributed by atoms with Gasteiger partial charge in [-0.1, -0.05) is 31.2 Å². The molecule has 94 valence electrons. The summed E-state index contributed by atoms with van der Waals surface area (Å²) >= 11 is 1.85. The highest BCUT2D eigenvalue weighted by atomic mass is 32.2. The minimum absolute atomic E-state index is 0.221. The summed E-state index contributed by atoms with van der Waals surface area (Å²) in [5.41, 5.74) is 0.247. The number of fused-ring (bicyclic) bond motifs is 1. The summed E-state index contributed by atoms with van der Waals surface area (Å²) in [5.74, 6) is 1.14. The van der Waals surface area contributed by atoms with E-state index in [1.54, 1.807) is 0 Å². The van der Waals surface area contributed by atoms with Gasteiger partial charge >= 0.3 is 0 Å². The number of thioether (sulfide) groups is 1. The molecule has 1 aliphatic heterocycles. The second-order valence-electron chi connectivity index (χ2n) is 4.95. The van der Waals surface area contributed by atoms with Gasteiger partial charge in [-0.2, -0.15) is 11.8 Å². The zero-order valence-corrected chi connectivity index (χ0v) is 11.3. The lowest BCUT2D eigenvalue weighted by Crippen LogP contribution is -2.39. The Balaban J connectivity index is 2.19. The van der Waals surface area contributed by atoms with Crippen molar-refractivity contribution in [1.82, 2.24) is 4.98 Å². The van der Waals surface area contributed by atoms with Gasteiger partial charge in [0, 0.05) is 28.6 Å². The molecule has 0 saturated carbocycles. The van der Waals surface area contributed by atoms with Crippen molar-refractivity contribution in [2.75, 3.05) is 5.75 Å². The number of pyridine rings is 1. The minimum atomic E-state index is -0.739. The first-order valence-electron chi connectivity index (χ1n) is 6.39. The van der Waals surface area contributed by atoms with Crippen LogP contribution >= 0.6 is 11.8 Å². The molecule has 1 N–H and O–H groups in total. The van der Waals surface area contributed by atoms with Gasteiger partial charge in [0.2, 0.25) is 0 Å². The highest BCUT2D eigenvalue weighted by Gasteiger charge is 2.39. The third kappa shape index (κ3) is 1.82. The van der Waals surface area contributed by atoms with Crippen LogP contribution in [0, 0.1) is 0 Å². The van der Waals surface area contributed by atoms with Crippen LogP contribution in [0.3, 0.4) is 0 Å². The molecular weight excluding hydrogens is 242 g/mol. The summed E-state index contributed by atoms with van der Waals surface area (Å²) < 4.78 is 0. The third-order valence-electron chi connectivity index (χ3n) is 3.88. The number of hydrogen-bond donors (Lipinski definition) is 1. The van der Waals surface area contributed by atoms with Gasteiger partial charge in [-0.25, -0.2) is 0 Å². The van der Waals surface area contributed by atoms with Gasteiger partial charge < -0.3 is 5.11 Å². The number of rotatable bonds is 1. The molecule has 1 fully saturated rings. The second kappa shape index (κ2) is 4.56. The first kappa shape index (κ1) is 12.0. The summed E-state index contributed by atoms with van der Waals surface area (Å²) in [4.78, 5) is 4.30. The highest BCUT2D eigenvalue weighted by Crippen LogP contribution is 2.43. The molecule has 2 atom stereocenters. The SMILES string of the molecule is CC1SCCCC1(O)c1cncc2ccccc12. The summed E-state index contributed by atoms with van der Waals surface area (Å²) in [7, 11) is 0. The van der Waals surface area contributed by atoms with Crippen molar-refractivity contribution in [1.29, 1.82) is 0 Å². The predicted octanol–water partition coefficient (Wildman–Crippen LogP) is 3.34. The molecule has 1 aromatic heterocycles. The van der Waals surface area contributed by atoms with Crippen LogP contribution in [0.5, 0.6) is 0 Å². The Kier molecular flexibility index (Phi) is 3.04. The van der Waals surface area contributed by atoms with Gasteiger partial charge in [0.15, 0.2) is 0 Å². The molecule has 1 aromatic carbocycles. The molecule has 1 aliphatic rings. The average molecular weight is 259 g/mol. The van der Waals surface area contributed by atoms with Gasteiger partial charge in [0.1, 0.15) is 5.60 Å². The summed E-state index contributed by atoms with van der Waals surface area (Å²) in [5, 5.41) is 13.5. The van der Waals surface area contributed by atoms with Gasteiger partial charge in [-0.15, -0.1) is 0 Å². The highest BCUT2D eigenvalue weighted by molar-refractivity contribution is 8.00. The maximum absolute atomic E-state index is 11.0. The van der Waals surface area contributed by atoms with E-state index in [-0.39, 0.29) is 5.25 Å². The molecule has 3 rings (SSSR count). The van der Waals surface area contributed by atoms with Crippen molar-refractivity contribution in [2.45, 2.75) is 30.6 Å². The molecule has 3 heteroatoms. The molecule has 1 saturated heterocycles. The maximum Gasteiger partial charge on any atom is 0.103 e. The van der Waals surface area contributed by atoms with Gasteiger partial charge in [0.25, 0.3) is 0 Å². The summed E-state index contributed by atoms with van der Waals surface area (Å²) in [6.07, 6.45) is 5.60. The normalized spacial score (nSPS) is 28.4. The average Bonchev–Trinajstić information content (AvgIpc) is 2.41. The van der Waals surface area contributed by atoms with Crippen molar-refractivity contribution in [3.8, 4) is 0 Å². The first-order chi connectivity index (χ1) is 8.72. The Bertz CT molecular complexity index is 566. The molecule has 0 radical (unpaired) electrons. The number of hydrogen-bond acceptors (Lipinski definition) is 3. The number of benzene rings is 1. The van der Waals surface area contributed by atoms with E-state index in [2.05, 4.69) is 24.0 Å². The van der Waals surface area contributed by atoms with E-state index in [0.29, 0.717) is 0 Å². The van der Waals surface area contributed by atoms with Crippen molar-refractivity contribution < 1.29 is 5.11 Å². The molecule has 2 nitrogen and oxygen atoms in total. The molecular formula is C15H17NOS. The van der Waals surface area contributed by atoms with Crippen LogP contribution in [0.15, 0.2) is 36.7 Å². The number of aromatic nitrogens is 1. The lowest BCUT2D eigenvalue weighted by molar-refractivity contribution is 0.0266. The lowest BCUT2D eigenvalue weighted by atomic mass is 9.84. The van der Waals surface area contributed by atoms with Crippen LogP contribution in [-0.4, -0.2) is 21.1 Å². The number of nitrogens with zero attached hydrogens (tertiary/aromatic N) is 1. The Morgan fingerprint density at radius 2 is 2.17 bits per heavy atom. The van der Waals surface area contributed by atoms with Crippen LogP contribution in [0.25, 0.3) is 10.8 Å². The van der Waals surface area contributed by atoms with E-state index in [0.717, 1.165) is 34.9 Å². The van der Waals surface area contributed by atoms with E-state index < -0.39 is 5.60 Å². The summed E-state index contributed by atoms with van der Waals surface area (Å²) in [6.45, 7) is 2.12. The van der Waals surface area contributed by atoms with Gasteiger partial charge in [0.05, 0.1) is 0 Å².